The van der Waals surface area contributed by atoms with Gasteiger partial charge in [0.1, 0.15) is 0 Å². The fourth-order valence-corrected chi connectivity index (χ4v) is 2.07. The molecule has 2 aromatic rings. The number of hydrogen-bond donors (Lipinski definition) is 2. The molecule has 0 heterocycles. The molecule has 0 aromatic heterocycles. The molecule has 0 unspecified atom stereocenters. The lowest BCUT2D eigenvalue weighted by Gasteiger charge is -2.14. The first-order valence-electron chi connectivity index (χ1n) is 7.39. The monoisotopic (exact) mass is 390 g/mol. The maximum absolute atomic E-state index is 12.8. The molecule has 0 atom stereocenters. The van der Waals surface area contributed by atoms with Crippen molar-refractivity contribution in [1.82, 2.24) is 5.32 Å². The Hall–Kier alpha value is -3.04. The molecule has 0 saturated carbocycles. The maximum atomic E-state index is 12.8. The summed E-state index contributed by atoms with van der Waals surface area (Å²) in [5.74, 6) is -2.59. The average Bonchev–Trinajstić information content (AvgIpc) is 2.58. The Bertz CT molecular complexity index is 799. The fraction of sp³-hybridized carbons (Fsp3) is 0.176. The van der Waals surface area contributed by atoms with Crippen molar-refractivity contribution in [3.05, 3.63) is 65.2 Å². The zero-order valence-corrected chi connectivity index (χ0v) is 13.4. The molecule has 0 radical (unpaired) electrons. The summed E-state index contributed by atoms with van der Waals surface area (Å²) in [6.07, 6.45) is -10.1. The van der Waals surface area contributed by atoms with Gasteiger partial charge < -0.3 is 10.6 Å². The summed E-state index contributed by atoms with van der Waals surface area (Å²) in [5, 5.41) is 3.97. The van der Waals surface area contributed by atoms with Gasteiger partial charge >= 0.3 is 24.2 Å². The zero-order valence-electron chi connectivity index (χ0n) is 13.4. The normalized spacial score (nSPS) is 11.8. The topological polar surface area (TPSA) is 58.2 Å². The second-order valence-electron chi connectivity index (χ2n) is 5.42. The fourth-order valence-electron chi connectivity index (χ4n) is 2.07. The zero-order chi connectivity index (χ0) is 20.2. The van der Waals surface area contributed by atoms with E-state index in [0.29, 0.717) is 17.7 Å². The lowest BCUT2D eigenvalue weighted by molar-refractivity contribution is -0.143. The first kappa shape index (κ1) is 20.3. The van der Waals surface area contributed by atoms with Crippen LogP contribution < -0.4 is 10.6 Å². The van der Waals surface area contributed by atoms with Crippen molar-refractivity contribution >= 4 is 17.5 Å². The standard InChI is InChI=1S/C17H12F6N2O2/c18-16(19,20)11-6-12(17(21,22)23)8-13(7-11)25-15(27)14(26)24-9-10-4-2-1-3-5-10/h1-8H,9H2,(H,24,26)(H,25,27). The third-order valence-corrected chi connectivity index (χ3v) is 3.35. The number of alkyl halides is 6. The van der Waals surface area contributed by atoms with E-state index in [0.717, 1.165) is 0 Å². The van der Waals surface area contributed by atoms with E-state index in [-0.39, 0.29) is 12.6 Å². The molecule has 2 rings (SSSR count). The Morgan fingerprint density at radius 1 is 0.778 bits per heavy atom. The molecule has 0 aliphatic rings. The number of carbonyl (C=O) groups excluding carboxylic acids is 2. The number of amides is 2. The summed E-state index contributed by atoms with van der Waals surface area (Å²) in [4.78, 5) is 23.5. The lowest BCUT2D eigenvalue weighted by atomic mass is 10.1. The van der Waals surface area contributed by atoms with Gasteiger partial charge in [-0.25, -0.2) is 0 Å². The molecule has 2 amide bonds. The van der Waals surface area contributed by atoms with Crippen LogP contribution in [0, 0.1) is 0 Å². The highest BCUT2D eigenvalue weighted by molar-refractivity contribution is 6.39. The second kappa shape index (κ2) is 7.68. The van der Waals surface area contributed by atoms with E-state index in [1.54, 1.807) is 35.6 Å². The molecule has 0 aliphatic heterocycles. The Kier molecular flexibility index (Phi) is 5.77. The number of rotatable bonds is 3. The van der Waals surface area contributed by atoms with Crippen LogP contribution in [0.1, 0.15) is 16.7 Å². The lowest BCUT2D eigenvalue weighted by Crippen LogP contribution is -2.35. The molecule has 27 heavy (non-hydrogen) atoms. The van der Waals surface area contributed by atoms with E-state index in [9.17, 15) is 35.9 Å². The van der Waals surface area contributed by atoms with E-state index in [1.165, 1.54) is 0 Å². The van der Waals surface area contributed by atoms with Gasteiger partial charge in [-0.15, -0.1) is 0 Å². The first-order valence-corrected chi connectivity index (χ1v) is 7.39. The van der Waals surface area contributed by atoms with Gasteiger partial charge in [-0.2, -0.15) is 26.3 Å². The van der Waals surface area contributed by atoms with Crippen LogP contribution in [-0.4, -0.2) is 11.8 Å². The van der Waals surface area contributed by atoms with E-state index in [4.69, 9.17) is 0 Å². The predicted octanol–water partition coefficient (Wildman–Crippen LogP) is 3.98. The molecule has 10 heteroatoms. The second-order valence-corrected chi connectivity index (χ2v) is 5.42. The minimum absolute atomic E-state index is 0.0382. The average molecular weight is 390 g/mol. The molecule has 4 nitrogen and oxygen atoms in total. The van der Waals surface area contributed by atoms with Crippen LogP contribution >= 0.6 is 0 Å². The van der Waals surface area contributed by atoms with E-state index in [2.05, 4.69) is 5.32 Å². The molecule has 0 bridgehead atoms. The van der Waals surface area contributed by atoms with Crippen LogP contribution in [0.4, 0.5) is 32.0 Å². The van der Waals surface area contributed by atoms with Gasteiger partial charge in [0.2, 0.25) is 0 Å². The molecule has 144 valence electrons. The minimum Gasteiger partial charge on any atom is -0.344 e. The van der Waals surface area contributed by atoms with Crippen molar-refractivity contribution < 1.29 is 35.9 Å². The Morgan fingerprint density at radius 3 is 1.78 bits per heavy atom. The van der Waals surface area contributed by atoms with Crippen LogP contribution in [0.3, 0.4) is 0 Å². The summed E-state index contributed by atoms with van der Waals surface area (Å²) in [6.45, 7) is -0.0382. The number of nitrogens with one attached hydrogen (secondary N) is 2. The number of halogens is 6. The summed E-state index contributed by atoms with van der Waals surface area (Å²) in [7, 11) is 0. The third kappa shape index (κ3) is 5.73. The van der Waals surface area contributed by atoms with Gasteiger partial charge in [0.15, 0.2) is 0 Å². The van der Waals surface area contributed by atoms with Crippen LogP contribution in [0.2, 0.25) is 0 Å². The highest BCUT2D eigenvalue weighted by Crippen LogP contribution is 2.37. The van der Waals surface area contributed by atoms with Crippen molar-refractivity contribution in [2.24, 2.45) is 0 Å². The first-order chi connectivity index (χ1) is 12.5. The largest absolute Gasteiger partial charge is 0.416 e. The van der Waals surface area contributed by atoms with Gasteiger partial charge in [0.05, 0.1) is 11.1 Å². The molecule has 0 spiro atoms. The Morgan fingerprint density at radius 2 is 1.30 bits per heavy atom. The van der Waals surface area contributed by atoms with Crippen LogP contribution in [0.25, 0.3) is 0 Å². The van der Waals surface area contributed by atoms with E-state index in [1.807, 2.05) is 0 Å². The number of benzene rings is 2. The highest BCUT2D eigenvalue weighted by atomic mass is 19.4. The van der Waals surface area contributed by atoms with Gasteiger partial charge in [-0.1, -0.05) is 30.3 Å². The highest BCUT2D eigenvalue weighted by Gasteiger charge is 2.37. The summed E-state index contributed by atoms with van der Waals surface area (Å²) < 4.78 is 76.7. The third-order valence-electron chi connectivity index (χ3n) is 3.35. The summed E-state index contributed by atoms with van der Waals surface area (Å²) in [6, 6.07) is 8.96. The SMILES string of the molecule is O=C(NCc1ccccc1)C(=O)Nc1cc(C(F)(F)F)cc(C(F)(F)F)c1. The summed E-state index contributed by atoms with van der Waals surface area (Å²) in [5.41, 5.74) is -3.34. The molecule has 2 aromatic carbocycles. The molecular weight excluding hydrogens is 378 g/mol. The van der Waals surface area contributed by atoms with Gasteiger partial charge in [-0.05, 0) is 23.8 Å². The van der Waals surface area contributed by atoms with Crippen molar-refractivity contribution in [3.8, 4) is 0 Å². The quantitative estimate of drug-likeness (QED) is 0.615. The Balaban J connectivity index is 2.15. The minimum atomic E-state index is -5.06. The van der Waals surface area contributed by atoms with E-state index >= 15 is 0 Å². The molecule has 2 N–H and O–H groups in total. The number of anilines is 1. The predicted molar refractivity (Wildman–Crippen MR) is 83.4 cm³/mol. The Labute approximate surface area is 149 Å². The van der Waals surface area contributed by atoms with Gasteiger partial charge in [-0.3, -0.25) is 9.59 Å². The van der Waals surface area contributed by atoms with Crippen molar-refractivity contribution in [2.45, 2.75) is 18.9 Å². The van der Waals surface area contributed by atoms with Crippen molar-refractivity contribution in [1.29, 1.82) is 0 Å². The molecule has 0 saturated heterocycles. The number of hydrogen-bond acceptors (Lipinski definition) is 2. The van der Waals surface area contributed by atoms with Gasteiger partial charge in [0.25, 0.3) is 0 Å². The maximum Gasteiger partial charge on any atom is 0.416 e. The summed E-state index contributed by atoms with van der Waals surface area (Å²) >= 11 is 0. The van der Waals surface area contributed by atoms with E-state index < -0.39 is 41.0 Å². The van der Waals surface area contributed by atoms with Crippen LogP contribution in [0.5, 0.6) is 0 Å². The molecular formula is C17H12F6N2O2. The van der Waals surface area contributed by atoms with Gasteiger partial charge in [0, 0.05) is 12.2 Å². The molecule has 0 aliphatic carbocycles. The smallest absolute Gasteiger partial charge is 0.344 e. The molecule has 0 fully saturated rings. The number of carbonyl (C=O) groups is 2. The van der Waals surface area contributed by atoms with Crippen molar-refractivity contribution in [2.75, 3.05) is 5.32 Å². The van der Waals surface area contributed by atoms with Crippen LogP contribution in [0.15, 0.2) is 48.5 Å². The van der Waals surface area contributed by atoms with Crippen LogP contribution in [-0.2, 0) is 28.5 Å². The van der Waals surface area contributed by atoms with Crippen molar-refractivity contribution in [3.63, 3.8) is 0 Å².